The molecule has 1 heterocycles. The topological polar surface area (TPSA) is 99.2 Å². The lowest BCUT2D eigenvalue weighted by Gasteiger charge is -2.14. The number of rotatable bonds is 3. The van der Waals surface area contributed by atoms with Crippen molar-refractivity contribution in [3.63, 3.8) is 0 Å². The van der Waals surface area contributed by atoms with Crippen LogP contribution < -0.4 is 0 Å². The average Bonchev–Trinajstić information content (AvgIpc) is 2.59. The summed E-state index contributed by atoms with van der Waals surface area (Å²) in [5.41, 5.74) is 0. The molecule has 8 nitrogen and oxygen atoms in total. The predicted molar refractivity (Wildman–Crippen MR) is 50.1 cm³/mol. The normalized spacial score (nSPS) is 16.7. The summed E-state index contributed by atoms with van der Waals surface area (Å²) < 4.78 is 8.79. The number of hydroxylamine groups is 2. The first-order valence-corrected chi connectivity index (χ1v) is 4.78. The van der Waals surface area contributed by atoms with Crippen LogP contribution in [-0.2, 0) is 28.7 Å². The molecule has 1 aliphatic rings. The van der Waals surface area contributed by atoms with Gasteiger partial charge in [-0.1, -0.05) is 5.06 Å². The Balaban J connectivity index is 2.47. The molecular formula is C9H11NO7. The van der Waals surface area contributed by atoms with Gasteiger partial charge in [-0.3, -0.25) is 14.4 Å². The first-order chi connectivity index (χ1) is 7.95. The summed E-state index contributed by atoms with van der Waals surface area (Å²) in [5, 5.41) is 0.326. The Morgan fingerprint density at radius 1 is 1.24 bits per heavy atom. The van der Waals surface area contributed by atoms with Gasteiger partial charge in [-0.15, -0.1) is 0 Å². The van der Waals surface area contributed by atoms with E-state index < -0.39 is 30.0 Å². The van der Waals surface area contributed by atoms with Gasteiger partial charge in [-0.2, -0.15) is 0 Å². The zero-order valence-corrected chi connectivity index (χ0v) is 9.30. The molecule has 0 saturated carbocycles. The molecule has 1 rings (SSSR count). The van der Waals surface area contributed by atoms with Gasteiger partial charge in [0.2, 0.25) is 0 Å². The van der Waals surface area contributed by atoms with E-state index in [4.69, 9.17) is 0 Å². The lowest BCUT2D eigenvalue weighted by molar-refractivity contribution is -0.180. The summed E-state index contributed by atoms with van der Waals surface area (Å²) in [5.74, 6) is -2.03. The molecule has 1 saturated heterocycles. The van der Waals surface area contributed by atoms with E-state index in [0.29, 0.717) is 5.06 Å². The van der Waals surface area contributed by atoms with Gasteiger partial charge in [0.25, 0.3) is 11.8 Å². The summed E-state index contributed by atoms with van der Waals surface area (Å²) in [6.45, 7) is 1.26. The number of ether oxygens (including phenoxy) is 2. The summed E-state index contributed by atoms with van der Waals surface area (Å²) in [7, 11) is 1.13. The Kier molecular flexibility index (Phi) is 4.02. The molecular weight excluding hydrogens is 234 g/mol. The average molecular weight is 245 g/mol. The van der Waals surface area contributed by atoms with Crippen molar-refractivity contribution in [2.75, 3.05) is 7.11 Å². The molecule has 0 N–H and O–H groups in total. The Bertz CT molecular complexity index is 348. The maximum Gasteiger partial charge on any atom is 0.534 e. The summed E-state index contributed by atoms with van der Waals surface area (Å²) in [6.07, 6.45) is -2.52. The molecule has 1 aliphatic heterocycles. The minimum Gasteiger partial charge on any atom is -0.466 e. The van der Waals surface area contributed by atoms with E-state index in [0.717, 1.165) is 7.11 Å². The number of carbonyl (C=O) groups is 4. The fourth-order valence-electron chi connectivity index (χ4n) is 1.11. The second kappa shape index (κ2) is 5.28. The van der Waals surface area contributed by atoms with E-state index >= 15 is 0 Å². The monoisotopic (exact) mass is 245 g/mol. The first-order valence-electron chi connectivity index (χ1n) is 4.78. The van der Waals surface area contributed by atoms with Crippen LogP contribution in [0.25, 0.3) is 0 Å². The smallest absolute Gasteiger partial charge is 0.466 e. The van der Waals surface area contributed by atoms with E-state index in [1.165, 1.54) is 6.92 Å². The highest BCUT2D eigenvalue weighted by Crippen LogP contribution is 2.13. The van der Waals surface area contributed by atoms with E-state index in [1.54, 1.807) is 0 Å². The van der Waals surface area contributed by atoms with Crippen LogP contribution in [0.2, 0.25) is 0 Å². The first kappa shape index (κ1) is 12.9. The molecule has 1 unspecified atom stereocenters. The Morgan fingerprint density at radius 3 is 2.24 bits per heavy atom. The highest BCUT2D eigenvalue weighted by atomic mass is 16.8. The third kappa shape index (κ3) is 3.16. The molecule has 1 fully saturated rings. The molecule has 17 heavy (non-hydrogen) atoms. The second-order valence-electron chi connectivity index (χ2n) is 3.21. The van der Waals surface area contributed by atoms with E-state index in [-0.39, 0.29) is 12.8 Å². The number of methoxy groups -OCH3 is 1. The number of hydrogen-bond acceptors (Lipinski definition) is 7. The van der Waals surface area contributed by atoms with Crippen molar-refractivity contribution in [1.29, 1.82) is 0 Å². The zero-order chi connectivity index (χ0) is 13.0. The van der Waals surface area contributed by atoms with Crippen molar-refractivity contribution in [1.82, 2.24) is 5.06 Å². The molecule has 0 aromatic carbocycles. The Morgan fingerprint density at radius 2 is 1.76 bits per heavy atom. The lowest BCUT2D eigenvalue weighted by atomic mass is 10.4. The van der Waals surface area contributed by atoms with Crippen LogP contribution in [0.15, 0.2) is 0 Å². The van der Waals surface area contributed by atoms with Crippen LogP contribution in [0.5, 0.6) is 0 Å². The SMILES string of the molecule is COC(=O)C(C)OC(=O)ON1C(=O)CCC1=O. The highest BCUT2D eigenvalue weighted by Gasteiger charge is 2.34. The van der Waals surface area contributed by atoms with Crippen molar-refractivity contribution in [3.05, 3.63) is 0 Å². The van der Waals surface area contributed by atoms with Gasteiger partial charge < -0.3 is 9.47 Å². The predicted octanol–water partition coefficient (Wildman–Crippen LogP) is -0.235. The van der Waals surface area contributed by atoms with Gasteiger partial charge in [0.15, 0.2) is 6.10 Å². The molecule has 0 aromatic rings. The fourth-order valence-corrected chi connectivity index (χ4v) is 1.11. The van der Waals surface area contributed by atoms with Crippen molar-refractivity contribution >= 4 is 23.9 Å². The molecule has 0 spiro atoms. The van der Waals surface area contributed by atoms with Crippen LogP contribution in [0.4, 0.5) is 4.79 Å². The summed E-state index contributed by atoms with van der Waals surface area (Å²) in [4.78, 5) is 48.6. The van der Waals surface area contributed by atoms with Crippen molar-refractivity contribution in [3.8, 4) is 0 Å². The zero-order valence-electron chi connectivity index (χ0n) is 9.30. The van der Waals surface area contributed by atoms with Gasteiger partial charge >= 0.3 is 12.1 Å². The molecule has 0 bridgehead atoms. The van der Waals surface area contributed by atoms with Gasteiger partial charge in [0.1, 0.15) is 0 Å². The largest absolute Gasteiger partial charge is 0.534 e. The maximum absolute atomic E-state index is 11.1. The third-order valence-electron chi connectivity index (χ3n) is 1.98. The fraction of sp³-hybridized carbons (Fsp3) is 0.556. The third-order valence-corrected chi connectivity index (χ3v) is 1.98. The molecule has 2 amide bonds. The van der Waals surface area contributed by atoms with Crippen LogP contribution >= 0.6 is 0 Å². The van der Waals surface area contributed by atoms with Crippen molar-refractivity contribution in [2.24, 2.45) is 0 Å². The molecule has 1 atom stereocenters. The van der Waals surface area contributed by atoms with Crippen LogP contribution in [0, 0.1) is 0 Å². The van der Waals surface area contributed by atoms with Gasteiger partial charge in [0, 0.05) is 12.8 Å². The van der Waals surface area contributed by atoms with Crippen LogP contribution in [-0.4, -0.2) is 42.2 Å². The Labute approximate surface area is 96.4 Å². The van der Waals surface area contributed by atoms with Crippen molar-refractivity contribution in [2.45, 2.75) is 25.9 Å². The number of hydrogen-bond donors (Lipinski definition) is 0. The number of imide groups is 1. The molecule has 94 valence electrons. The molecule has 0 aromatic heterocycles. The second-order valence-corrected chi connectivity index (χ2v) is 3.21. The lowest BCUT2D eigenvalue weighted by Crippen LogP contribution is -2.34. The molecule has 0 aliphatic carbocycles. The van der Waals surface area contributed by atoms with E-state index in [9.17, 15) is 19.2 Å². The van der Waals surface area contributed by atoms with E-state index in [1.807, 2.05) is 0 Å². The maximum atomic E-state index is 11.1. The van der Waals surface area contributed by atoms with E-state index in [2.05, 4.69) is 14.3 Å². The quantitative estimate of drug-likeness (QED) is 0.500. The van der Waals surface area contributed by atoms with Gasteiger partial charge in [-0.25, -0.2) is 9.59 Å². The summed E-state index contributed by atoms with van der Waals surface area (Å²) in [6, 6.07) is 0. The number of esters is 1. The molecule has 8 heteroatoms. The Hall–Kier alpha value is -2.12. The minimum absolute atomic E-state index is 0.0152. The number of nitrogens with zero attached hydrogens (tertiary/aromatic N) is 1. The number of amides is 2. The van der Waals surface area contributed by atoms with Crippen molar-refractivity contribution < 1.29 is 33.5 Å². The van der Waals surface area contributed by atoms with Gasteiger partial charge in [0.05, 0.1) is 7.11 Å². The number of carbonyl (C=O) groups excluding carboxylic acids is 4. The van der Waals surface area contributed by atoms with Crippen LogP contribution in [0.3, 0.4) is 0 Å². The standard InChI is InChI=1S/C9H11NO7/c1-5(8(13)15-2)16-9(14)17-10-6(11)3-4-7(10)12/h5H,3-4H2,1-2H3. The van der Waals surface area contributed by atoms with Crippen LogP contribution in [0.1, 0.15) is 19.8 Å². The summed E-state index contributed by atoms with van der Waals surface area (Å²) >= 11 is 0. The minimum atomic E-state index is -1.31. The molecule has 0 radical (unpaired) electrons. The highest BCUT2D eigenvalue weighted by molar-refractivity contribution is 6.01. The van der Waals surface area contributed by atoms with Gasteiger partial charge in [-0.05, 0) is 6.92 Å².